The van der Waals surface area contributed by atoms with Gasteiger partial charge in [0.2, 0.25) is 0 Å². The van der Waals surface area contributed by atoms with Crippen molar-refractivity contribution >= 4 is 23.2 Å². The number of carbonyl (C=O) groups excluding carboxylic acids is 1. The Labute approximate surface area is 169 Å². The number of amides is 1. The third-order valence-electron chi connectivity index (χ3n) is 5.19. The Morgan fingerprint density at radius 2 is 1.89 bits per heavy atom. The van der Waals surface area contributed by atoms with Gasteiger partial charge in [-0.25, -0.2) is 0 Å². The molecule has 1 aliphatic rings. The van der Waals surface area contributed by atoms with Crippen LogP contribution in [0.25, 0.3) is 0 Å². The SMILES string of the molecule is CC(C)COc1cccc(C(=O)NC(=S)NC2CCC(C(C)(C)C)CC2)c1. The first kappa shape index (κ1) is 21.7. The second-order valence-corrected chi connectivity index (χ2v) is 9.48. The average Bonchev–Trinajstić information content (AvgIpc) is 2.59. The van der Waals surface area contributed by atoms with Crippen molar-refractivity contribution in [3.05, 3.63) is 29.8 Å². The molecule has 150 valence electrons. The normalized spacial score (nSPS) is 20.2. The second-order valence-electron chi connectivity index (χ2n) is 9.07. The molecular weight excluding hydrogens is 356 g/mol. The van der Waals surface area contributed by atoms with Crippen molar-refractivity contribution in [1.82, 2.24) is 10.6 Å². The van der Waals surface area contributed by atoms with Crippen LogP contribution in [-0.4, -0.2) is 23.7 Å². The molecule has 1 aromatic rings. The van der Waals surface area contributed by atoms with E-state index in [-0.39, 0.29) is 5.91 Å². The Balaban J connectivity index is 1.82. The molecule has 0 saturated heterocycles. The van der Waals surface area contributed by atoms with E-state index < -0.39 is 0 Å². The lowest BCUT2D eigenvalue weighted by Gasteiger charge is -2.37. The maximum absolute atomic E-state index is 12.5. The molecular formula is C22H34N2O2S. The third kappa shape index (κ3) is 7.13. The fourth-order valence-corrected chi connectivity index (χ4v) is 3.75. The van der Waals surface area contributed by atoms with E-state index in [9.17, 15) is 4.79 Å². The monoisotopic (exact) mass is 390 g/mol. The summed E-state index contributed by atoms with van der Waals surface area (Å²) < 4.78 is 5.69. The minimum absolute atomic E-state index is 0.203. The van der Waals surface area contributed by atoms with Gasteiger partial charge in [0.05, 0.1) is 6.61 Å². The van der Waals surface area contributed by atoms with Crippen molar-refractivity contribution in [1.29, 1.82) is 0 Å². The van der Waals surface area contributed by atoms with Crippen molar-refractivity contribution < 1.29 is 9.53 Å². The van der Waals surface area contributed by atoms with E-state index in [1.165, 1.54) is 12.8 Å². The summed E-state index contributed by atoms with van der Waals surface area (Å²) in [5.74, 6) is 1.70. The van der Waals surface area contributed by atoms with Crippen LogP contribution in [0.15, 0.2) is 24.3 Å². The maximum Gasteiger partial charge on any atom is 0.257 e. The molecule has 0 aliphatic heterocycles. The Morgan fingerprint density at radius 1 is 1.22 bits per heavy atom. The van der Waals surface area contributed by atoms with Gasteiger partial charge in [0, 0.05) is 11.6 Å². The molecule has 0 spiro atoms. The van der Waals surface area contributed by atoms with E-state index in [2.05, 4.69) is 45.3 Å². The fourth-order valence-electron chi connectivity index (χ4n) is 3.49. The minimum Gasteiger partial charge on any atom is -0.493 e. The Bertz CT molecular complexity index is 644. The van der Waals surface area contributed by atoms with E-state index in [1.54, 1.807) is 12.1 Å². The summed E-state index contributed by atoms with van der Waals surface area (Å²) in [4.78, 5) is 12.5. The number of thiocarbonyl (C=S) groups is 1. The van der Waals surface area contributed by atoms with Crippen LogP contribution in [-0.2, 0) is 0 Å². The van der Waals surface area contributed by atoms with Gasteiger partial charge in [0.25, 0.3) is 5.91 Å². The van der Waals surface area contributed by atoms with Gasteiger partial charge in [-0.05, 0) is 73.4 Å². The van der Waals surface area contributed by atoms with Crippen LogP contribution < -0.4 is 15.4 Å². The van der Waals surface area contributed by atoms with Crippen LogP contribution in [0.5, 0.6) is 5.75 Å². The first-order chi connectivity index (χ1) is 12.6. The lowest BCUT2D eigenvalue weighted by atomic mass is 9.71. The quantitative estimate of drug-likeness (QED) is 0.700. The van der Waals surface area contributed by atoms with E-state index in [1.807, 2.05) is 12.1 Å². The number of carbonyl (C=O) groups is 1. The lowest BCUT2D eigenvalue weighted by molar-refractivity contribution is 0.0975. The van der Waals surface area contributed by atoms with E-state index in [0.29, 0.717) is 40.4 Å². The standard InChI is InChI=1S/C22H34N2O2S/c1-15(2)14-26-19-8-6-7-16(13-19)20(25)24-21(27)23-18-11-9-17(10-12-18)22(3,4)5/h6-8,13,15,17-18H,9-12,14H2,1-5H3,(H2,23,24,25,27). The number of rotatable bonds is 5. The molecule has 0 aromatic heterocycles. The topological polar surface area (TPSA) is 50.4 Å². The molecule has 0 unspecified atom stereocenters. The molecule has 2 rings (SSSR count). The van der Waals surface area contributed by atoms with E-state index >= 15 is 0 Å². The molecule has 1 saturated carbocycles. The van der Waals surface area contributed by atoms with Gasteiger partial charge in [-0.3, -0.25) is 10.1 Å². The van der Waals surface area contributed by atoms with Crippen molar-refractivity contribution in [3.63, 3.8) is 0 Å². The summed E-state index contributed by atoms with van der Waals surface area (Å²) in [6.07, 6.45) is 4.59. The van der Waals surface area contributed by atoms with Crippen molar-refractivity contribution in [2.75, 3.05) is 6.61 Å². The van der Waals surface area contributed by atoms with Gasteiger partial charge >= 0.3 is 0 Å². The van der Waals surface area contributed by atoms with Crippen LogP contribution in [0.4, 0.5) is 0 Å². The molecule has 0 bridgehead atoms. The van der Waals surface area contributed by atoms with Crippen LogP contribution in [0.2, 0.25) is 0 Å². The highest BCUT2D eigenvalue weighted by atomic mass is 32.1. The predicted molar refractivity (Wildman–Crippen MR) is 115 cm³/mol. The molecule has 1 amide bonds. The molecule has 0 heterocycles. The Kier molecular flexibility index (Phi) is 7.66. The summed E-state index contributed by atoms with van der Waals surface area (Å²) in [6.45, 7) is 11.8. The highest BCUT2D eigenvalue weighted by Gasteiger charge is 2.29. The predicted octanol–water partition coefficient (Wildman–Crippen LogP) is 4.93. The molecule has 0 radical (unpaired) electrons. The zero-order valence-electron chi connectivity index (χ0n) is 17.3. The zero-order valence-corrected chi connectivity index (χ0v) is 18.1. The first-order valence-corrected chi connectivity index (χ1v) is 10.4. The van der Waals surface area contributed by atoms with Crippen molar-refractivity contribution in [2.45, 2.75) is 66.3 Å². The highest BCUT2D eigenvalue weighted by molar-refractivity contribution is 7.80. The first-order valence-electron chi connectivity index (χ1n) is 10.00. The van der Waals surface area contributed by atoms with Crippen molar-refractivity contribution in [3.8, 4) is 5.75 Å². The van der Waals surface area contributed by atoms with Gasteiger partial charge in [-0.1, -0.05) is 40.7 Å². The summed E-state index contributed by atoms with van der Waals surface area (Å²) in [5.41, 5.74) is 0.916. The van der Waals surface area contributed by atoms with Crippen LogP contribution in [0.3, 0.4) is 0 Å². The van der Waals surface area contributed by atoms with Gasteiger partial charge in [0.1, 0.15) is 5.75 Å². The van der Waals surface area contributed by atoms with E-state index in [4.69, 9.17) is 17.0 Å². The summed E-state index contributed by atoms with van der Waals surface area (Å²) in [7, 11) is 0. The highest BCUT2D eigenvalue weighted by Crippen LogP contribution is 2.37. The van der Waals surface area contributed by atoms with Gasteiger partial charge in [-0.15, -0.1) is 0 Å². The molecule has 2 N–H and O–H groups in total. The van der Waals surface area contributed by atoms with Gasteiger partial charge < -0.3 is 10.1 Å². The average molecular weight is 391 g/mol. The molecule has 1 aliphatic carbocycles. The Morgan fingerprint density at radius 3 is 2.48 bits per heavy atom. The molecule has 1 fully saturated rings. The summed E-state index contributed by atoms with van der Waals surface area (Å²) in [6, 6.07) is 7.57. The molecule has 0 atom stereocenters. The summed E-state index contributed by atoms with van der Waals surface area (Å²) in [5, 5.41) is 6.53. The Hall–Kier alpha value is -1.62. The molecule has 4 nitrogen and oxygen atoms in total. The molecule has 27 heavy (non-hydrogen) atoms. The van der Waals surface area contributed by atoms with Crippen molar-refractivity contribution in [2.24, 2.45) is 17.3 Å². The van der Waals surface area contributed by atoms with Gasteiger partial charge in [0.15, 0.2) is 5.11 Å². The smallest absolute Gasteiger partial charge is 0.257 e. The zero-order chi connectivity index (χ0) is 20.0. The largest absolute Gasteiger partial charge is 0.493 e. The second kappa shape index (κ2) is 9.54. The van der Waals surface area contributed by atoms with Gasteiger partial charge in [-0.2, -0.15) is 0 Å². The number of hydrogen-bond acceptors (Lipinski definition) is 3. The minimum atomic E-state index is -0.203. The molecule has 5 heteroatoms. The summed E-state index contributed by atoms with van der Waals surface area (Å²) >= 11 is 5.36. The fraction of sp³-hybridized carbons (Fsp3) is 0.636. The van der Waals surface area contributed by atoms with E-state index in [0.717, 1.165) is 18.8 Å². The maximum atomic E-state index is 12.5. The number of ether oxygens (including phenoxy) is 1. The van der Waals surface area contributed by atoms with Crippen LogP contribution in [0.1, 0.15) is 70.7 Å². The lowest BCUT2D eigenvalue weighted by Crippen LogP contribution is -2.46. The van der Waals surface area contributed by atoms with Crippen LogP contribution >= 0.6 is 12.2 Å². The molecule has 1 aromatic carbocycles. The third-order valence-corrected chi connectivity index (χ3v) is 5.41. The number of nitrogens with one attached hydrogen (secondary N) is 2. The number of benzene rings is 1. The van der Waals surface area contributed by atoms with Crippen LogP contribution in [0, 0.1) is 17.3 Å². The number of hydrogen-bond donors (Lipinski definition) is 2.